The van der Waals surface area contributed by atoms with Crippen molar-refractivity contribution < 1.29 is 0 Å². The summed E-state index contributed by atoms with van der Waals surface area (Å²) in [5.41, 5.74) is 0. The minimum Gasteiger partial charge on any atom is -0.317 e. The van der Waals surface area contributed by atoms with E-state index in [2.05, 4.69) is 45.1 Å². The molecule has 0 aromatic carbocycles. The van der Waals surface area contributed by atoms with Gasteiger partial charge in [0.2, 0.25) is 0 Å². The van der Waals surface area contributed by atoms with Crippen molar-refractivity contribution in [1.82, 2.24) is 10.2 Å². The van der Waals surface area contributed by atoms with Crippen molar-refractivity contribution in [1.29, 1.82) is 0 Å². The van der Waals surface area contributed by atoms with E-state index in [-0.39, 0.29) is 0 Å². The third kappa shape index (κ3) is 7.80. The second-order valence-corrected chi connectivity index (χ2v) is 4.80. The molecule has 0 bridgehead atoms. The Hall–Kier alpha value is -0.0800. The molecule has 2 unspecified atom stereocenters. The third-order valence-corrected chi connectivity index (χ3v) is 3.25. The van der Waals surface area contributed by atoms with Crippen LogP contribution in [0.4, 0.5) is 0 Å². The molecule has 2 atom stereocenters. The lowest BCUT2D eigenvalue weighted by molar-refractivity contribution is 0.256. The minimum atomic E-state index is 0.663. The Bertz CT molecular complexity index is 136. The van der Waals surface area contributed by atoms with E-state index in [1.807, 2.05) is 0 Å². The van der Waals surface area contributed by atoms with Crippen molar-refractivity contribution in [2.75, 3.05) is 27.2 Å². The van der Waals surface area contributed by atoms with Crippen LogP contribution in [0.2, 0.25) is 0 Å². The van der Waals surface area contributed by atoms with Crippen molar-refractivity contribution >= 4 is 0 Å². The summed E-state index contributed by atoms with van der Waals surface area (Å²) >= 11 is 0. The molecular formula is C13H30N2. The van der Waals surface area contributed by atoms with Crippen LogP contribution >= 0.6 is 0 Å². The maximum Gasteiger partial charge on any atom is 0.00358 e. The monoisotopic (exact) mass is 214 g/mol. The van der Waals surface area contributed by atoms with E-state index in [0.29, 0.717) is 6.04 Å². The highest BCUT2D eigenvalue weighted by atomic mass is 15.1. The average Bonchev–Trinajstić information content (AvgIpc) is 2.23. The summed E-state index contributed by atoms with van der Waals surface area (Å²) in [6, 6.07) is 0.663. The van der Waals surface area contributed by atoms with E-state index in [9.17, 15) is 0 Å². The molecule has 0 saturated heterocycles. The van der Waals surface area contributed by atoms with E-state index >= 15 is 0 Å². The molecule has 0 fully saturated rings. The van der Waals surface area contributed by atoms with Crippen LogP contribution in [0, 0.1) is 5.92 Å². The van der Waals surface area contributed by atoms with Crippen LogP contribution in [0.25, 0.3) is 0 Å². The first-order valence-electron chi connectivity index (χ1n) is 6.49. The molecule has 0 radical (unpaired) electrons. The third-order valence-electron chi connectivity index (χ3n) is 3.25. The quantitative estimate of drug-likeness (QED) is 0.635. The highest BCUT2D eigenvalue weighted by Gasteiger charge is 2.10. The van der Waals surface area contributed by atoms with Crippen molar-refractivity contribution in [2.24, 2.45) is 5.92 Å². The number of nitrogens with one attached hydrogen (secondary N) is 1. The molecule has 0 aromatic rings. The fourth-order valence-corrected chi connectivity index (χ4v) is 1.97. The van der Waals surface area contributed by atoms with Gasteiger partial charge in [-0.3, -0.25) is 0 Å². The van der Waals surface area contributed by atoms with Crippen molar-refractivity contribution in [3.8, 4) is 0 Å². The summed E-state index contributed by atoms with van der Waals surface area (Å²) < 4.78 is 0. The lowest BCUT2D eigenvalue weighted by Gasteiger charge is -2.23. The number of hydrogen-bond donors (Lipinski definition) is 1. The van der Waals surface area contributed by atoms with Gasteiger partial charge in [-0.25, -0.2) is 0 Å². The molecule has 0 aliphatic carbocycles. The van der Waals surface area contributed by atoms with Gasteiger partial charge in [-0.2, -0.15) is 0 Å². The van der Waals surface area contributed by atoms with Gasteiger partial charge in [0.05, 0.1) is 0 Å². The minimum absolute atomic E-state index is 0.663. The molecule has 1 N–H and O–H groups in total. The Kier molecular flexibility index (Phi) is 9.12. The fourth-order valence-electron chi connectivity index (χ4n) is 1.97. The summed E-state index contributed by atoms with van der Waals surface area (Å²) in [4.78, 5) is 2.47. The zero-order valence-electron chi connectivity index (χ0n) is 11.3. The zero-order chi connectivity index (χ0) is 11.7. The number of rotatable bonds is 9. The predicted octanol–water partition coefficient (Wildman–Crippen LogP) is 2.74. The second-order valence-electron chi connectivity index (χ2n) is 4.80. The van der Waals surface area contributed by atoms with Gasteiger partial charge in [-0.05, 0) is 52.7 Å². The van der Waals surface area contributed by atoms with E-state index in [0.717, 1.165) is 5.92 Å². The normalized spacial score (nSPS) is 15.6. The summed E-state index contributed by atoms with van der Waals surface area (Å²) in [6.07, 6.45) is 5.23. The van der Waals surface area contributed by atoms with Crippen LogP contribution in [0.5, 0.6) is 0 Å². The largest absolute Gasteiger partial charge is 0.317 e. The van der Waals surface area contributed by atoms with Gasteiger partial charge in [-0.15, -0.1) is 0 Å². The molecule has 0 rings (SSSR count). The van der Waals surface area contributed by atoms with Gasteiger partial charge >= 0.3 is 0 Å². The van der Waals surface area contributed by atoms with Crippen LogP contribution in [0.15, 0.2) is 0 Å². The molecule has 0 spiro atoms. The Labute approximate surface area is 96.4 Å². The van der Waals surface area contributed by atoms with Crippen LogP contribution in [0.1, 0.15) is 46.5 Å². The SMILES string of the molecule is CCCN(C)CC(CC)CCC(C)NC. The molecule has 0 aliphatic rings. The number of nitrogens with zero attached hydrogens (tertiary/aromatic N) is 1. The van der Waals surface area contributed by atoms with Gasteiger partial charge in [0, 0.05) is 12.6 Å². The highest BCUT2D eigenvalue weighted by molar-refractivity contribution is 4.66. The Balaban J connectivity index is 3.71. The smallest absolute Gasteiger partial charge is 0.00358 e. The molecule has 0 aromatic heterocycles. The maximum absolute atomic E-state index is 3.31. The van der Waals surface area contributed by atoms with Crippen molar-refractivity contribution in [3.05, 3.63) is 0 Å². The molecule has 2 nitrogen and oxygen atoms in total. The lowest BCUT2D eigenvalue weighted by atomic mass is 9.97. The standard InChI is InChI=1S/C13H30N2/c1-6-10-15(5)11-13(7-2)9-8-12(3)14-4/h12-14H,6-11H2,1-5H3. The molecule has 0 saturated carbocycles. The van der Waals surface area contributed by atoms with Gasteiger partial charge in [-0.1, -0.05) is 20.3 Å². The lowest BCUT2D eigenvalue weighted by Crippen LogP contribution is -2.28. The first-order valence-corrected chi connectivity index (χ1v) is 6.49. The van der Waals surface area contributed by atoms with Crippen molar-refractivity contribution in [2.45, 2.75) is 52.5 Å². The van der Waals surface area contributed by atoms with E-state index < -0.39 is 0 Å². The van der Waals surface area contributed by atoms with Gasteiger partial charge < -0.3 is 10.2 Å². The Morgan fingerprint density at radius 2 is 1.87 bits per heavy atom. The van der Waals surface area contributed by atoms with Crippen molar-refractivity contribution in [3.63, 3.8) is 0 Å². The first kappa shape index (κ1) is 14.9. The van der Waals surface area contributed by atoms with E-state index in [1.54, 1.807) is 0 Å². The van der Waals surface area contributed by atoms with E-state index in [4.69, 9.17) is 0 Å². The van der Waals surface area contributed by atoms with E-state index in [1.165, 1.54) is 38.8 Å². The average molecular weight is 214 g/mol. The van der Waals surface area contributed by atoms with Gasteiger partial charge in [0.25, 0.3) is 0 Å². The first-order chi connectivity index (χ1) is 7.13. The summed E-state index contributed by atoms with van der Waals surface area (Å²) in [7, 11) is 4.29. The molecule has 2 heteroatoms. The Morgan fingerprint density at radius 1 is 1.20 bits per heavy atom. The van der Waals surface area contributed by atoms with Crippen LogP contribution < -0.4 is 5.32 Å². The van der Waals surface area contributed by atoms with Crippen LogP contribution in [-0.2, 0) is 0 Å². The molecule has 0 aliphatic heterocycles. The summed E-state index contributed by atoms with van der Waals surface area (Å²) in [6.45, 7) is 9.33. The second kappa shape index (κ2) is 9.17. The summed E-state index contributed by atoms with van der Waals surface area (Å²) in [5.74, 6) is 0.873. The molecule has 0 amide bonds. The Morgan fingerprint density at radius 3 is 2.33 bits per heavy atom. The van der Waals surface area contributed by atoms with Gasteiger partial charge in [0.1, 0.15) is 0 Å². The molecule has 0 heterocycles. The molecule has 92 valence electrons. The van der Waals surface area contributed by atoms with Crippen LogP contribution in [0.3, 0.4) is 0 Å². The maximum atomic E-state index is 3.31. The molecular weight excluding hydrogens is 184 g/mol. The van der Waals surface area contributed by atoms with Gasteiger partial charge in [0.15, 0.2) is 0 Å². The summed E-state index contributed by atoms with van der Waals surface area (Å²) in [5, 5.41) is 3.31. The molecule has 15 heavy (non-hydrogen) atoms. The zero-order valence-corrected chi connectivity index (χ0v) is 11.3. The highest BCUT2D eigenvalue weighted by Crippen LogP contribution is 2.13. The number of hydrogen-bond acceptors (Lipinski definition) is 2. The van der Waals surface area contributed by atoms with Crippen LogP contribution in [-0.4, -0.2) is 38.1 Å². The predicted molar refractivity (Wildman–Crippen MR) is 69.3 cm³/mol. The fraction of sp³-hybridized carbons (Fsp3) is 1.00. The topological polar surface area (TPSA) is 15.3 Å².